The normalized spacial score (nSPS) is 18.1. The summed E-state index contributed by atoms with van der Waals surface area (Å²) in [4.78, 5) is 22.8. The van der Waals surface area contributed by atoms with Crippen molar-refractivity contribution >= 4 is 37.2 Å². The Morgan fingerprint density at radius 2 is 1.85 bits per heavy atom. The summed E-state index contributed by atoms with van der Waals surface area (Å²) in [6.07, 6.45) is 1.76. The molecule has 1 aromatic carbocycles. The van der Waals surface area contributed by atoms with Crippen LogP contribution in [0.1, 0.15) is 62.2 Å². The van der Waals surface area contributed by atoms with E-state index in [0.29, 0.717) is 6.42 Å². The van der Waals surface area contributed by atoms with Gasteiger partial charge in [0.05, 0.1) is 28.5 Å². The van der Waals surface area contributed by atoms with E-state index in [1.807, 2.05) is 24.3 Å². The summed E-state index contributed by atoms with van der Waals surface area (Å²) in [5.74, 6) is -0.963. The standard InChI is InChI=1S/C23H30ClN3O5S2/c1-5-11-34(31,32)22-25-13-19(24)20(26-22)21(28)27(18-10-12-33(29,30)15-18)14-16-6-8-17(9-7-16)23(2,3)4/h6-9,13,18H,5,10-12,14-15H2,1-4H3. The molecule has 1 unspecified atom stereocenters. The molecule has 0 spiro atoms. The van der Waals surface area contributed by atoms with Crippen LogP contribution in [0.4, 0.5) is 0 Å². The van der Waals surface area contributed by atoms with Crippen molar-refractivity contribution in [2.24, 2.45) is 0 Å². The summed E-state index contributed by atoms with van der Waals surface area (Å²) in [5.41, 5.74) is 1.65. The molecule has 11 heteroatoms. The van der Waals surface area contributed by atoms with Crippen molar-refractivity contribution in [3.05, 3.63) is 52.3 Å². The van der Waals surface area contributed by atoms with Crippen LogP contribution in [-0.4, -0.2) is 60.9 Å². The average molecular weight is 528 g/mol. The van der Waals surface area contributed by atoms with E-state index < -0.39 is 36.8 Å². The van der Waals surface area contributed by atoms with Gasteiger partial charge in [0.2, 0.25) is 15.0 Å². The molecular weight excluding hydrogens is 498 g/mol. The Bertz CT molecular complexity index is 1270. The molecule has 0 saturated carbocycles. The van der Waals surface area contributed by atoms with Gasteiger partial charge in [-0.2, -0.15) is 0 Å². The largest absolute Gasteiger partial charge is 0.329 e. The lowest BCUT2D eigenvalue weighted by molar-refractivity contribution is 0.0674. The van der Waals surface area contributed by atoms with Crippen LogP contribution in [0.15, 0.2) is 35.6 Å². The number of hydrogen-bond donors (Lipinski definition) is 0. The smallest absolute Gasteiger partial charge is 0.274 e. The minimum absolute atomic E-state index is 0.0158. The van der Waals surface area contributed by atoms with Crippen LogP contribution in [0.2, 0.25) is 5.02 Å². The Labute approximate surface area is 206 Å². The predicted molar refractivity (Wildman–Crippen MR) is 131 cm³/mol. The first kappa shape index (κ1) is 26.6. The van der Waals surface area contributed by atoms with Crippen molar-refractivity contribution < 1.29 is 21.6 Å². The van der Waals surface area contributed by atoms with Crippen molar-refractivity contribution in [2.45, 2.75) is 63.7 Å². The monoisotopic (exact) mass is 527 g/mol. The molecular formula is C23H30ClN3O5S2. The molecule has 1 saturated heterocycles. The van der Waals surface area contributed by atoms with E-state index in [4.69, 9.17) is 11.6 Å². The van der Waals surface area contributed by atoms with Gasteiger partial charge in [-0.05, 0) is 29.4 Å². The van der Waals surface area contributed by atoms with Crippen LogP contribution in [0.5, 0.6) is 0 Å². The Hall–Kier alpha value is -2.04. The SMILES string of the molecule is CCCS(=O)(=O)c1ncc(Cl)c(C(=O)N(Cc2ccc(C(C)(C)C)cc2)C2CCS(=O)(=O)C2)n1. The zero-order valence-electron chi connectivity index (χ0n) is 19.8. The minimum Gasteiger partial charge on any atom is -0.329 e. The van der Waals surface area contributed by atoms with E-state index in [2.05, 4.69) is 30.7 Å². The van der Waals surface area contributed by atoms with E-state index in [1.165, 1.54) is 4.90 Å². The van der Waals surface area contributed by atoms with Gasteiger partial charge in [0.15, 0.2) is 15.5 Å². The molecule has 0 bridgehead atoms. The first-order valence-electron chi connectivity index (χ1n) is 11.1. The van der Waals surface area contributed by atoms with E-state index in [9.17, 15) is 21.6 Å². The van der Waals surface area contributed by atoms with Crippen LogP contribution >= 0.6 is 11.6 Å². The maximum absolute atomic E-state index is 13.6. The maximum atomic E-state index is 13.6. The number of rotatable bonds is 7. The second kappa shape index (κ2) is 9.91. The number of carbonyl (C=O) groups excluding carboxylic acids is 1. The number of sulfone groups is 2. The summed E-state index contributed by atoms with van der Waals surface area (Å²) < 4.78 is 49.3. The van der Waals surface area contributed by atoms with Crippen LogP contribution in [0.3, 0.4) is 0 Å². The van der Waals surface area contributed by atoms with Crippen molar-refractivity contribution in [3.8, 4) is 0 Å². The molecule has 0 aliphatic carbocycles. The molecule has 2 heterocycles. The Kier molecular flexibility index (Phi) is 7.74. The minimum atomic E-state index is -3.77. The van der Waals surface area contributed by atoms with Gasteiger partial charge in [0, 0.05) is 12.6 Å². The molecule has 1 fully saturated rings. The summed E-state index contributed by atoms with van der Waals surface area (Å²) in [7, 11) is -7.05. The average Bonchev–Trinajstić information content (AvgIpc) is 3.10. The molecule has 186 valence electrons. The molecule has 1 aliphatic rings. The van der Waals surface area contributed by atoms with Crippen LogP contribution in [0.25, 0.3) is 0 Å². The van der Waals surface area contributed by atoms with E-state index >= 15 is 0 Å². The molecule has 3 rings (SSSR count). The predicted octanol–water partition coefficient (Wildman–Crippen LogP) is 3.44. The fourth-order valence-corrected chi connectivity index (χ4v) is 6.91. The Morgan fingerprint density at radius 3 is 2.38 bits per heavy atom. The Balaban J connectivity index is 1.99. The van der Waals surface area contributed by atoms with Gasteiger partial charge < -0.3 is 4.90 Å². The summed E-state index contributed by atoms with van der Waals surface area (Å²) >= 11 is 6.21. The van der Waals surface area contributed by atoms with Crippen LogP contribution in [0, 0.1) is 0 Å². The van der Waals surface area contributed by atoms with Gasteiger partial charge in [0.25, 0.3) is 5.91 Å². The van der Waals surface area contributed by atoms with Crippen molar-refractivity contribution in [3.63, 3.8) is 0 Å². The fraction of sp³-hybridized carbons (Fsp3) is 0.522. The molecule has 8 nitrogen and oxygen atoms in total. The third-order valence-electron chi connectivity index (χ3n) is 5.76. The maximum Gasteiger partial charge on any atom is 0.274 e. The van der Waals surface area contributed by atoms with E-state index in [0.717, 1.165) is 17.3 Å². The first-order valence-corrected chi connectivity index (χ1v) is 14.9. The number of aromatic nitrogens is 2. The van der Waals surface area contributed by atoms with Crippen molar-refractivity contribution in [1.82, 2.24) is 14.9 Å². The molecule has 0 N–H and O–H groups in total. The van der Waals surface area contributed by atoms with Gasteiger partial charge in [-0.15, -0.1) is 0 Å². The molecule has 2 aromatic rings. The number of carbonyl (C=O) groups is 1. The molecule has 34 heavy (non-hydrogen) atoms. The molecule has 0 radical (unpaired) electrons. The summed E-state index contributed by atoms with van der Waals surface area (Å²) in [5, 5.41) is -0.551. The quantitative estimate of drug-likeness (QED) is 0.506. The molecule has 1 aliphatic heterocycles. The van der Waals surface area contributed by atoms with Gasteiger partial charge in [-0.25, -0.2) is 26.8 Å². The van der Waals surface area contributed by atoms with E-state index in [1.54, 1.807) is 6.92 Å². The van der Waals surface area contributed by atoms with Crippen molar-refractivity contribution in [2.75, 3.05) is 17.3 Å². The van der Waals surface area contributed by atoms with Gasteiger partial charge >= 0.3 is 0 Å². The molecule has 1 amide bonds. The third-order valence-corrected chi connectivity index (χ3v) is 9.48. The van der Waals surface area contributed by atoms with Crippen molar-refractivity contribution in [1.29, 1.82) is 0 Å². The van der Waals surface area contributed by atoms with Crippen LogP contribution < -0.4 is 0 Å². The zero-order chi connectivity index (χ0) is 25.3. The second-order valence-corrected chi connectivity index (χ2v) is 14.2. The second-order valence-electron chi connectivity index (χ2n) is 9.60. The molecule has 1 atom stereocenters. The molecule has 1 aromatic heterocycles. The lowest BCUT2D eigenvalue weighted by atomic mass is 9.86. The number of amides is 1. The van der Waals surface area contributed by atoms with Gasteiger partial charge in [0.1, 0.15) is 0 Å². The highest BCUT2D eigenvalue weighted by molar-refractivity contribution is 7.91. The summed E-state index contributed by atoms with van der Waals surface area (Å²) in [6.45, 7) is 8.15. The van der Waals surface area contributed by atoms with E-state index in [-0.39, 0.29) is 46.4 Å². The number of benzene rings is 1. The topological polar surface area (TPSA) is 114 Å². The lowest BCUT2D eigenvalue weighted by Crippen LogP contribution is -2.41. The van der Waals surface area contributed by atoms with Gasteiger partial charge in [-0.3, -0.25) is 4.79 Å². The highest BCUT2D eigenvalue weighted by Gasteiger charge is 2.36. The lowest BCUT2D eigenvalue weighted by Gasteiger charge is -2.29. The van der Waals surface area contributed by atoms with Gasteiger partial charge in [-0.1, -0.05) is 63.6 Å². The Morgan fingerprint density at radius 1 is 1.21 bits per heavy atom. The number of halogens is 1. The number of hydrogen-bond acceptors (Lipinski definition) is 7. The third kappa shape index (κ3) is 6.14. The highest BCUT2D eigenvalue weighted by atomic mass is 35.5. The first-order chi connectivity index (χ1) is 15.7. The zero-order valence-corrected chi connectivity index (χ0v) is 22.2. The highest BCUT2D eigenvalue weighted by Crippen LogP contribution is 2.27. The van der Waals surface area contributed by atoms with Crippen LogP contribution in [-0.2, 0) is 31.6 Å². The fourth-order valence-electron chi connectivity index (χ4n) is 3.84. The summed E-state index contributed by atoms with van der Waals surface area (Å²) in [6, 6.07) is 7.21. The number of nitrogens with zero attached hydrogens (tertiary/aromatic N) is 3.